The fourth-order valence-corrected chi connectivity index (χ4v) is 3.90. The highest BCUT2D eigenvalue weighted by Gasteiger charge is 2.24. The molecule has 3 amide bonds. The van der Waals surface area contributed by atoms with E-state index < -0.39 is 0 Å². The van der Waals surface area contributed by atoms with Gasteiger partial charge in [0.25, 0.3) is 5.91 Å². The van der Waals surface area contributed by atoms with E-state index in [1.807, 2.05) is 53.4 Å². The van der Waals surface area contributed by atoms with Crippen molar-refractivity contribution < 1.29 is 14.3 Å². The van der Waals surface area contributed by atoms with Crippen molar-refractivity contribution in [3.8, 4) is 5.75 Å². The Bertz CT molecular complexity index is 841. The molecular formula is C23H27N3O3. The molecule has 0 unspecified atom stereocenters. The van der Waals surface area contributed by atoms with Gasteiger partial charge in [0.2, 0.25) is 0 Å². The zero-order valence-corrected chi connectivity index (χ0v) is 16.5. The first kappa shape index (κ1) is 19.3. The lowest BCUT2D eigenvalue weighted by Crippen LogP contribution is -2.43. The molecule has 2 heterocycles. The van der Waals surface area contributed by atoms with Crippen molar-refractivity contribution >= 4 is 17.6 Å². The lowest BCUT2D eigenvalue weighted by molar-refractivity contribution is 0.0792. The van der Waals surface area contributed by atoms with Crippen LogP contribution in [0.1, 0.15) is 36.0 Å². The standard InChI is InChI=1S/C23H27N3O3/c27-22(25-13-4-5-14-25)18-7-6-8-19(17-18)24-23(28)26-15-11-21(12-16-26)29-20-9-2-1-3-10-20/h1-3,6-10,17,21H,4-5,11-16H2,(H,24,28). The molecule has 6 nitrogen and oxygen atoms in total. The molecule has 2 aromatic carbocycles. The van der Waals surface area contributed by atoms with E-state index in [9.17, 15) is 9.59 Å². The summed E-state index contributed by atoms with van der Waals surface area (Å²) in [5.74, 6) is 0.910. The molecule has 0 aromatic heterocycles. The number of likely N-dealkylation sites (tertiary alicyclic amines) is 2. The molecule has 0 spiro atoms. The van der Waals surface area contributed by atoms with E-state index in [4.69, 9.17) is 4.74 Å². The summed E-state index contributed by atoms with van der Waals surface area (Å²) in [5, 5.41) is 2.94. The molecule has 0 atom stereocenters. The maximum absolute atomic E-state index is 12.6. The summed E-state index contributed by atoms with van der Waals surface area (Å²) in [6.07, 6.45) is 3.85. The van der Waals surface area contributed by atoms with Crippen LogP contribution in [0.4, 0.5) is 10.5 Å². The Balaban J connectivity index is 1.30. The van der Waals surface area contributed by atoms with Crippen molar-refractivity contribution in [3.05, 3.63) is 60.2 Å². The second kappa shape index (κ2) is 8.99. The van der Waals surface area contributed by atoms with Crippen molar-refractivity contribution in [2.75, 3.05) is 31.5 Å². The van der Waals surface area contributed by atoms with Crippen molar-refractivity contribution in [2.45, 2.75) is 31.8 Å². The number of ether oxygens (including phenoxy) is 1. The smallest absolute Gasteiger partial charge is 0.321 e. The van der Waals surface area contributed by atoms with Gasteiger partial charge in [-0.1, -0.05) is 24.3 Å². The molecule has 0 saturated carbocycles. The van der Waals surface area contributed by atoms with Gasteiger partial charge in [0.15, 0.2) is 0 Å². The maximum Gasteiger partial charge on any atom is 0.321 e. The van der Waals surface area contributed by atoms with Crippen molar-refractivity contribution in [1.29, 1.82) is 0 Å². The fraction of sp³-hybridized carbons (Fsp3) is 0.391. The van der Waals surface area contributed by atoms with E-state index in [-0.39, 0.29) is 18.0 Å². The molecule has 2 aromatic rings. The molecule has 2 saturated heterocycles. The Labute approximate surface area is 171 Å². The van der Waals surface area contributed by atoms with Crippen LogP contribution in [-0.2, 0) is 0 Å². The summed E-state index contributed by atoms with van der Waals surface area (Å²) in [5.41, 5.74) is 1.28. The largest absolute Gasteiger partial charge is 0.490 e. The van der Waals surface area contributed by atoms with E-state index in [1.54, 1.807) is 11.0 Å². The number of hydrogen-bond donors (Lipinski definition) is 1. The van der Waals surface area contributed by atoms with Crippen molar-refractivity contribution in [2.24, 2.45) is 0 Å². The van der Waals surface area contributed by atoms with Crippen LogP contribution in [0.25, 0.3) is 0 Å². The van der Waals surface area contributed by atoms with Crippen LogP contribution >= 0.6 is 0 Å². The molecule has 0 bridgehead atoms. The predicted molar refractivity (Wildman–Crippen MR) is 112 cm³/mol. The van der Waals surface area contributed by atoms with E-state index >= 15 is 0 Å². The Morgan fingerprint density at radius 2 is 1.59 bits per heavy atom. The summed E-state index contributed by atoms with van der Waals surface area (Å²) in [4.78, 5) is 28.9. The molecular weight excluding hydrogens is 366 g/mol. The number of amides is 3. The summed E-state index contributed by atoms with van der Waals surface area (Å²) in [6.45, 7) is 2.93. The minimum absolute atomic E-state index is 0.0393. The second-order valence-corrected chi connectivity index (χ2v) is 7.63. The maximum atomic E-state index is 12.6. The Morgan fingerprint density at radius 1 is 0.862 bits per heavy atom. The first-order chi connectivity index (χ1) is 14.2. The number of benzene rings is 2. The topological polar surface area (TPSA) is 61.9 Å². The minimum Gasteiger partial charge on any atom is -0.490 e. The first-order valence-corrected chi connectivity index (χ1v) is 10.4. The van der Waals surface area contributed by atoms with Gasteiger partial charge in [0.1, 0.15) is 11.9 Å². The highest BCUT2D eigenvalue weighted by Crippen LogP contribution is 2.20. The SMILES string of the molecule is O=C(Nc1cccc(C(=O)N2CCCC2)c1)N1CCC(Oc2ccccc2)CC1. The van der Waals surface area contributed by atoms with Gasteiger partial charge in [0.05, 0.1) is 0 Å². The minimum atomic E-state index is -0.131. The van der Waals surface area contributed by atoms with Gasteiger partial charge < -0.3 is 19.9 Å². The number of nitrogens with one attached hydrogen (secondary N) is 1. The normalized spacial score (nSPS) is 17.2. The summed E-state index contributed by atoms with van der Waals surface area (Å²) in [7, 11) is 0. The molecule has 2 fully saturated rings. The van der Waals surface area contributed by atoms with Crippen LogP contribution in [-0.4, -0.2) is 54.0 Å². The molecule has 1 N–H and O–H groups in total. The summed E-state index contributed by atoms with van der Waals surface area (Å²) in [6, 6.07) is 16.9. The zero-order valence-electron chi connectivity index (χ0n) is 16.5. The van der Waals surface area contributed by atoms with Crippen LogP contribution in [0.2, 0.25) is 0 Å². The lowest BCUT2D eigenvalue weighted by Gasteiger charge is -2.32. The monoisotopic (exact) mass is 393 g/mol. The quantitative estimate of drug-likeness (QED) is 0.854. The molecule has 6 heteroatoms. The van der Waals surface area contributed by atoms with Crippen LogP contribution < -0.4 is 10.1 Å². The van der Waals surface area contributed by atoms with Gasteiger partial charge in [-0.05, 0) is 43.2 Å². The lowest BCUT2D eigenvalue weighted by atomic mass is 10.1. The number of urea groups is 1. The average Bonchev–Trinajstić information content (AvgIpc) is 3.29. The van der Waals surface area contributed by atoms with Gasteiger partial charge in [0, 0.05) is 50.3 Å². The molecule has 0 radical (unpaired) electrons. The number of carbonyl (C=O) groups excluding carboxylic acids is 2. The Morgan fingerprint density at radius 3 is 2.31 bits per heavy atom. The third kappa shape index (κ3) is 4.88. The van der Waals surface area contributed by atoms with Gasteiger partial charge in [-0.3, -0.25) is 4.79 Å². The Hall–Kier alpha value is -3.02. The van der Waals surface area contributed by atoms with Crippen LogP contribution in [0.5, 0.6) is 5.75 Å². The van der Waals surface area contributed by atoms with Gasteiger partial charge in [-0.2, -0.15) is 0 Å². The number of piperidine rings is 1. The molecule has 0 aliphatic carbocycles. The number of hydrogen-bond acceptors (Lipinski definition) is 3. The molecule has 2 aliphatic rings. The summed E-state index contributed by atoms with van der Waals surface area (Å²) < 4.78 is 5.99. The van der Waals surface area contributed by atoms with E-state index in [2.05, 4.69) is 5.32 Å². The fourth-order valence-electron chi connectivity index (χ4n) is 3.90. The zero-order chi connectivity index (χ0) is 20.1. The number of anilines is 1. The highest BCUT2D eigenvalue weighted by molar-refractivity contribution is 5.97. The molecule has 29 heavy (non-hydrogen) atoms. The number of carbonyl (C=O) groups is 2. The van der Waals surface area contributed by atoms with Crippen LogP contribution in [0.3, 0.4) is 0 Å². The summed E-state index contributed by atoms with van der Waals surface area (Å²) >= 11 is 0. The highest BCUT2D eigenvalue weighted by atomic mass is 16.5. The van der Waals surface area contributed by atoms with E-state index in [1.165, 1.54) is 0 Å². The van der Waals surface area contributed by atoms with E-state index in [0.29, 0.717) is 24.3 Å². The average molecular weight is 393 g/mol. The first-order valence-electron chi connectivity index (χ1n) is 10.4. The number of nitrogens with zero attached hydrogens (tertiary/aromatic N) is 2. The molecule has 4 rings (SSSR count). The van der Waals surface area contributed by atoms with Gasteiger partial charge in [-0.15, -0.1) is 0 Å². The van der Waals surface area contributed by atoms with Gasteiger partial charge >= 0.3 is 6.03 Å². The molecule has 152 valence electrons. The molecule has 2 aliphatic heterocycles. The van der Waals surface area contributed by atoms with Crippen molar-refractivity contribution in [3.63, 3.8) is 0 Å². The third-order valence-corrected chi connectivity index (χ3v) is 5.53. The second-order valence-electron chi connectivity index (χ2n) is 7.63. The van der Waals surface area contributed by atoms with Gasteiger partial charge in [-0.25, -0.2) is 4.79 Å². The number of para-hydroxylation sites is 1. The number of rotatable bonds is 4. The predicted octanol–water partition coefficient (Wildman–Crippen LogP) is 4.00. The van der Waals surface area contributed by atoms with Crippen LogP contribution in [0, 0.1) is 0 Å². The van der Waals surface area contributed by atoms with Crippen LogP contribution in [0.15, 0.2) is 54.6 Å². The third-order valence-electron chi connectivity index (χ3n) is 5.53. The van der Waals surface area contributed by atoms with E-state index in [0.717, 1.165) is 44.5 Å². The Kier molecular flexibility index (Phi) is 5.98. The van der Waals surface area contributed by atoms with Crippen molar-refractivity contribution in [1.82, 2.24) is 9.80 Å².